The highest BCUT2D eigenvalue weighted by Gasteiger charge is 2.11. The zero-order valence-electron chi connectivity index (χ0n) is 7.94. The van der Waals surface area contributed by atoms with E-state index >= 15 is 0 Å². The predicted molar refractivity (Wildman–Crippen MR) is 66.5 cm³/mol. The van der Waals surface area contributed by atoms with E-state index in [1.54, 1.807) is 0 Å². The molecule has 0 radical (unpaired) electrons. The zero-order valence-corrected chi connectivity index (χ0v) is 10.2. The summed E-state index contributed by atoms with van der Waals surface area (Å²) in [6.45, 7) is 0. The molecule has 17 heavy (non-hydrogen) atoms. The van der Waals surface area contributed by atoms with Crippen molar-refractivity contribution in [3.05, 3.63) is 52.1 Å². The summed E-state index contributed by atoms with van der Waals surface area (Å²) in [6, 6.07) is 1.29. The molecular formula is C9H3Cl3N2O3. The highest BCUT2D eigenvalue weighted by molar-refractivity contribution is 6.50. The van der Waals surface area contributed by atoms with E-state index < -0.39 is 16.5 Å². The molecule has 0 unspecified atom stereocenters. The molecule has 2 aromatic rings. The molecule has 0 aliphatic carbocycles. The maximum atomic E-state index is 11.3. The van der Waals surface area contributed by atoms with Crippen LogP contribution in [-0.4, -0.2) is 9.97 Å². The Hall–Kier alpha value is -1.30. The summed E-state index contributed by atoms with van der Waals surface area (Å²) in [7, 11) is 0. The van der Waals surface area contributed by atoms with Crippen LogP contribution >= 0.6 is 34.8 Å². The van der Waals surface area contributed by atoms with E-state index in [1.807, 2.05) is 0 Å². The number of H-pyrrole nitrogens is 2. The van der Waals surface area contributed by atoms with E-state index in [1.165, 1.54) is 6.07 Å². The molecule has 0 spiro atoms. The average Bonchev–Trinajstić information content (AvgIpc) is 2.38. The average molecular weight is 293 g/mol. The first-order valence-electron chi connectivity index (χ1n) is 4.26. The van der Waals surface area contributed by atoms with E-state index in [4.69, 9.17) is 34.8 Å². The fourth-order valence-corrected chi connectivity index (χ4v) is 1.92. The van der Waals surface area contributed by atoms with E-state index in [9.17, 15) is 14.4 Å². The Kier molecular flexibility index (Phi) is 2.99. The monoisotopic (exact) mass is 292 g/mol. The van der Waals surface area contributed by atoms with Gasteiger partial charge in [0.15, 0.2) is 0 Å². The Morgan fingerprint density at radius 1 is 0.882 bits per heavy atom. The molecule has 0 saturated heterocycles. The molecule has 0 atom stereocenters. The second kappa shape index (κ2) is 4.18. The quantitative estimate of drug-likeness (QED) is 0.571. The standard InChI is InChI=1S/C9H3Cl3N2O3/c10-2-1-3-6(5(12)4(2)11)14-9(17)7(15)8(16)13-3/h1H,(H2,13,14,15,16,17). The summed E-state index contributed by atoms with van der Waals surface area (Å²) in [6.07, 6.45) is 0. The Morgan fingerprint density at radius 2 is 1.47 bits per heavy atom. The van der Waals surface area contributed by atoms with E-state index in [0.717, 1.165) is 0 Å². The molecule has 0 bridgehead atoms. The summed E-state index contributed by atoms with van der Waals surface area (Å²) in [4.78, 5) is 38.1. The molecule has 0 aliphatic heterocycles. The fourth-order valence-electron chi connectivity index (χ4n) is 1.27. The minimum absolute atomic E-state index is 0.0241. The smallest absolute Gasteiger partial charge is 0.307 e. The normalized spacial score (nSPS) is 10.8. The number of aromatic amines is 2. The van der Waals surface area contributed by atoms with E-state index in [-0.39, 0.29) is 26.1 Å². The van der Waals surface area contributed by atoms with Gasteiger partial charge in [0.05, 0.1) is 26.1 Å². The van der Waals surface area contributed by atoms with Crippen molar-refractivity contribution in [3.63, 3.8) is 0 Å². The van der Waals surface area contributed by atoms with E-state index in [0.29, 0.717) is 0 Å². The number of fused-ring (bicyclic) bond motifs is 1. The van der Waals surface area contributed by atoms with Crippen LogP contribution in [0.15, 0.2) is 20.4 Å². The minimum atomic E-state index is -1.22. The maximum Gasteiger partial charge on any atom is 0.307 e. The SMILES string of the molecule is O=c1[nH]c2cc(Cl)c(Cl)c(Cl)c2[nH]c(=O)c1=O. The Bertz CT molecular complexity index is 794. The maximum absolute atomic E-state index is 11.3. The van der Waals surface area contributed by atoms with Crippen LogP contribution in [0.1, 0.15) is 0 Å². The van der Waals surface area contributed by atoms with Crippen molar-refractivity contribution >= 4 is 45.8 Å². The summed E-state index contributed by atoms with van der Waals surface area (Å²) in [5.74, 6) is 0. The lowest BCUT2D eigenvalue weighted by atomic mass is 10.3. The number of hydrogen-bond acceptors (Lipinski definition) is 3. The first kappa shape index (κ1) is 12.2. The van der Waals surface area contributed by atoms with Gasteiger partial charge in [0.1, 0.15) is 0 Å². The molecule has 2 N–H and O–H groups in total. The summed E-state index contributed by atoms with van der Waals surface area (Å²) < 4.78 is 0. The molecule has 0 saturated carbocycles. The third kappa shape index (κ3) is 1.97. The highest BCUT2D eigenvalue weighted by Crippen LogP contribution is 2.34. The largest absolute Gasteiger partial charge is 0.317 e. The van der Waals surface area contributed by atoms with Crippen molar-refractivity contribution < 1.29 is 0 Å². The van der Waals surface area contributed by atoms with Gasteiger partial charge in [-0.15, -0.1) is 0 Å². The predicted octanol–water partition coefficient (Wildman–Crippen LogP) is 1.54. The van der Waals surface area contributed by atoms with Gasteiger partial charge in [-0.3, -0.25) is 14.4 Å². The lowest BCUT2D eigenvalue weighted by Gasteiger charge is -2.01. The Balaban J connectivity index is 3.21. The van der Waals surface area contributed by atoms with Crippen molar-refractivity contribution in [2.45, 2.75) is 0 Å². The molecule has 8 heteroatoms. The number of benzene rings is 1. The molecule has 88 valence electrons. The molecule has 1 aromatic carbocycles. The highest BCUT2D eigenvalue weighted by atomic mass is 35.5. The molecule has 1 aromatic heterocycles. The van der Waals surface area contributed by atoms with Crippen molar-refractivity contribution in [1.29, 1.82) is 0 Å². The van der Waals surface area contributed by atoms with Crippen molar-refractivity contribution in [3.8, 4) is 0 Å². The van der Waals surface area contributed by atoms with Crippen LogP contribution in [0, 0.1) is 0 Å². The summed E-state index contributed by atoms with van der Waals surface area (Å²) in [5.41, 5.74) is -3.19. The van der Waals surface area contributed by atoms with Crippen LogP contribution in [0.25, 0.3) is 11.0 Å². The molecule has 5 nitrogen and oxygen atoms in total. The van der Waals surface area contributed by atoms with Gasteiger partial charge in [-0.25, -0.2) is 0 Å². The first-order chi connectivity index (χ1) is 7.91. The van der Waals surface area contributed by atoms with Gasteiger partial charge in [0.25, 0.3) is 0 Å². The van der Waals surface area contributed by atoms with Crippen molar-refractivity contribution in [2.24, 2.45) is 0 Å². The van der Waals surface area contributed by atoms with Crippen molar-refractivity contribution in [2.75, 3.05) is 0 Å². The first-order valence-corrected chi connectivity index (χ1v) is 5.39. The molecule has 0 aliphatic rings. The molecular weight excluding hydrogens is 290 g/mol. The Morgan fingerprint density at radius 3 is 2.12 bits per heavy atom. The van der Waals surface area contributed by atoms with Crippen LogP contribution < -0.4 is 16.5 Å². The van der Waals surface area contributed by atoms with Gasteiger partial charge >= 0.3 is 16.5 Å². The van der Waals surface area contributed by atoms with Gasteiger partial charge < -0.3 is 9.97 Å². The van der Waals surface area contributed by atoms with Crippen LogP contribution in [0.3, 0.4) is 0 Å². The third-order valence-corrected chi connectivity index (χ3v) is 3.32. The second-order valence-electron chi connectivity index (χ2n) is 3.15. The van der Waals surface area contributed by atoms with E-state index in [2.05, 4.69) is 9.97 Å². The lowest BCUT2D eigenvalue weighted by Crippen LogP contribution is -2.36. The zero-order chi connectivity index (χ0) is 12.7. The lowest BCUT2D eigenvalue weighted by molar-refractivity contribution is 1.22. The van der Waals surface area contributed by atoms with Crippen LogP contribution in [0.4, 0.5) is 0 Å². The fraction of sp³-hybridized carbons (Fsp3) is 0. The summed E-state index contributed by atoms with van der Waals surface area (Å²) >= 11 is 17.4. The minimum Gasteiger partial charge on any atom is -0.317 e. The van der Waals surface area contributed by atoms with Gasteiger partial charge in [-0.1, -0.05) is 34.8 Å². The molecule has 0 fully saturated rings. The van der Waals surface area contributed by atoms with Crippen molar-refractivity contribution in [1.82, 2.24) is 9.97 Å². The van der Waals surface area contributed by atoms with Gasteiger partial charge in [0, 0.05) is 0 Å². The van der Waals surface area contributed by atoms with Gasteiger partial charge in [-0.2, -0.15) is 0 Å². The van der Waals surface area contributed by atoms with Gasteiger partial charge in [0.2, 0.25) is 0 Å². The van der Waals surface area contributed by atoms with Crippen LogP contribution in [0.5, 0.6) is 0 Å². The molecule has 0 amide bonds. The number of nitrogens with one attached hydrogen (secondary N) is 2. The summed E-state index contributed by atoms with van der Waals surface area (Å²) in [5, 5.41) is 0.0767. The number of hydrogen-bond donors (Lipinski definition) is 2. The molecule has 2 rings (SSSR count). The molecule has 1 heterocycles. The Labute approximate surface area is 108 Å². The van der Waals surface area contributed by atoms with Crippen LogP contribution in [-0.2, 0) is 0 Å². The third-order valence-electron chi connectivity index (χ3n) is 2.06. The van der Waals surface area contributed by atoms with Crippen LogP contribution in [0.2, 0.25) is 15.1 Å². The second-order valence-corrected chi connectivity index (χ2v) is 4.31. The number of rotatable bonds is 0. The topological polar surface area (TPSA) is 82.8 Å². The number of halogens is 3. The van der Waals surface area contributed by atoms with Gasteiger partial charge in [-0.05, 0) is 6.07 Å². The number of aromatic nitrogens is 2.